The summed E-state index contributed by atoms with van der Waals surface area (Å²) in [5, 5.41) is 12.8. The second-order valence-electron chi connectivity index (χ2n) is 6.01. The van der Waals surface area contributed by atoms with Crippen molar-refractivity contribution < 1.29 is 9.52 Å². The van der Waals surface area contributed by atoms with Crippen molar-refractivity contribution in [3.63, 3.8) is 0 Å². The van der Waals surface area contributed by atoms with Crippen LogP contribution in [0.5, 0.6) is 0 Å². The molecular weight excluding hydrogens is 300 g/mol. The SMILES string of the molecule is Cc1nc(-c2cccc(NC(C)c3cccc(CO)c3)c2)oc1C. The molecule has 4 heteroatoms. The molecule has 4 nitrogen and oxygen atoms in total. The van der Waals surface area contributed by atoms with Gasteiger partial charge in [0.05, 0.1) is 12.3 Å². The van der Waals surface area contributed by atoms with Gasteiger partial charge in [-0.3, -0.25) is 0 Å². The van der Waals surface area contributed by atoms with Crippen molar-refractivity contribution in [2.45, 2.75) is 33.4 Å². The molecule has 3 aromatic rings. The van der Waals surface area contributed by atoms with Gasteiger partial charge in [-0.05, 0) is 50.1 Å². The third-order valence-corrected chi connectivity index (χ3v) is 4.15. The van der Waals surface area contributed by atoms with Crippen molar-refractivity contribution in [3.8, 4) is 11.5 Å². The second kappa shape index (κ2) is 6.89. The molecule has 0 radical (unpaired) electrons. The molecule has 0 saturated heterocycles. The summed E-state index contributed by atoms with van der Waals surface area (Å²) in [5.74, 6) is 1.49. The van der Waals surface area contributed by atoms with Gasteiger partial charge < -0.3 is 14.8 Å². The molecule has 2 aromatic carbocycles. The van der Waals surface area contributed by atoms with E-state index >= 15 is 0 Å². The quantitative estimate of drug-likeness (QED) is 0.719. The fourth-order valence-corrected chi connectivity index (χ4v) is 2.63. The van der Waals surface area contributed by atoms with E-state index in [0.29, 0.717) is 5.89 Å². The number of aromatic nitrogens is 1. The van der Waals surface area contributed by atoms with E-state index in [4.69, 9.17) is 4.42 Å². The highest BCUT2D eigenvalue weighted by Gasteiger charge is 2.10. The van der Waals surface area contributed by atoms with Crippen LogP contribution < -0.4 is 5.32 Å². The summed E-state index contributed by atoms with van der Waals surface area (Å²) in [5.41, 5.74) is 4.92. The van der Waals surface area contributed by atoms with Gasteiger partial charge in [0.2, 0.25) is 5.89 Å². The molecule has 1 aromatic heterocycles. The lowest BCUT2D eigenvalue weighted by molar-refractivity contribution is 0.281. The molecule has 0 aliphatic heterocycles. The standard InChI is InChI=1S/C20H22N2O2/c1-13-15(3)24-20(22-13)18-8-5-9-19(11-18)21-14(2)17-7-4-6-16(10-17)12-23/h4-11,14,21,23H,12H2,1-3H3. The topological polar surface area (TPSA) is 58.3 Å². The minimum atomic E-state index is 0.0545. The number of hydrogen-bond acceptors (Lipinski definition) is 4. The van der Waals surface area contributed by atoms with Gasteiger partial charge in [0.15, 0.2) is 0 Å². The highest BCUT2D eigenvalue weighted by molar-refractivity contribution is 5.62. The lowest BCUT2D eigenvalue weighted by Crippen LogP contribution is -2.07. The van der Waals surface area contributed by atoms with Gasteiger partial charge in [-0.25, -0.2) is 4.98 Å². The first-order chi connectivity index (χ1) is 11.6. The Hall–Kier alpha value is -2.59. The molecule has 0 bridgehead atoms. The number of anilines is 1. The summed E-state index contributed by atoms with van der Waals surface area (Å²) in [6.07, 6.45) is 0. The monoisotopic (exact) mass is 322 g/mol. The van der Waals surface area contributed by atoms with E-state index in [1.165, 1.54) is 0 Å². The molecular formula is C20H22N2O2. The Morgan fingerprint density at radius 1 is 1.12 bits per heavy atom. The van der Waals surface area contributed by atoms with Gasteiger partial charge in [-0.15, -0.1) is 0 Å². The lowest BCUT2D eigenvalue weighted by Gasteiger charge is -2.17. The highest BCUT2D eigenvalue weighted by atomic mass is 16.4. The van der Waals surface area contributed by atoms with E-state index in [0.717, 1.165) is 33.8 Å². The maximum atomic E-state index is 9.28. The Bertz CT molecular complexity index is 820. The molecule has 0 saturated carbocycles. The number of rotatable bonds is 5. The maximum absolute atomic E-state index is 9.28. The Morgan fingerprint density at radius 2 is 1.92 bits per heavy atom. The first-order valence-corrected chi connectivity index (χ1v) is 8.07. The van der Waals surface area contributed by atoms with Crippen LogP contribution in [0.3, 0.4) is 0 Å². The molecule has 3 rings (SSSR count). The molecule has 0 amide bonds. The Morgan fingerprint density at radius 3 is 2.62 bits per heavy atom. The third-order valence-electron chi connectivity index (χ3n) is 4.15. The van der Waals surface area contributed by atoms with Gasteiger partial charge >= 0.3 is 0 Å². The predicted molar refractivity (Wildman–Crippen MR) is 95.8 cm³/mol. The molecule has 24 heavy (non-hydrogen) atoms. The van der Waals surface area contributed by atoms with Gasteiger partial charge in [0.1, 0.15) is 5.76 Å². The zero-order valence-electron chi connectivity index (χ0n) is 14.2. The molecule has 1 unspecified atom stereocenters. The van der Waals surface area contributed by atoms with Crippen LogP contribution in [-0.2, 0) is 6.61 Å². The van der Waals surface area contributed by atoms with Crippen LogP contribution in [0.4, 0.5) is 5.69 Å². The van der Waals surface area contributed by atoms with Crippen LogP contribution in [0.1, 0.15) is 35.5 Å². The van der Waals surface area contributed by atoms with Gasteiger partial charge in [-0.2, -0.15) is 0 Å². The minimum absolute atomic E-state index is 0.0545. The van der Waals surface area contributed by atoms with Crippen LogP contribution in [0.25, 0.3) is 11.5 Å². The molecule has 0 aliphatic carbocycles. The van der Waals surface area contributed by atoms with Gasteiger partial charge in [0, 0.05) is 17.3 Å². The number of hydrogen-bond donors (Lipinski definition) is 2. The van der Waals surface area contributed by atoms with E-state index in [9.17, 15) is 5.11 Å². The van der Waals surface area contributed by atoms with Crippen LogP contribution in [0.15, 0.2) is 52.9 Å². The summed E-state index contributed by atoms with van der Waals surface area (Å²) >= 11 is 0. The number of aliphatic hydroxyl groups is 1. The van der Waals surface area contributed by atoms with Crippen molar-refractivity contribution in [2.75, 3.05) is 5.32 Å². The molecule has 0 fully saturated rings. The smallest absolute Gasteiger partial charge is 0.226 e. The van der Waals surface area contributed by atoms with E-state index in [-0.39, 0.29) is 12.6 Å². The Kier molecular flexibility index (Phi) is 4.67. The van der Waals surface area contributed by atoms with Crippen molar-refractivity contribution in [1.29, 1.82) is 0 Å². The second-order valence-corrected chi connectivity index (χ2v) is 6.01. The fourth-order valence-electron chi connectivity index (χ4n) is 2.63. The minimum Gasteiger partial charge on any atom is -0.441 e. The highest BCUT2D eigenvalue weighted by Crippen LogP contribution is 2.26. The van der Waals surface area contributed by atoms with Crippen LogP contribution >= 0.6 is 0 Å². The van der Waals surface area contributed by atoms with E-state index < -0.39 is 0 Å². The van der Waals surface area contributed by atoms with E-state index in [1.54, 1.807) is 0 Å². The molecule has 2 N–H and O–H groups in total. The van der Waals surface area contributed by atoms with E-state index in [2.05, 4.69) is 23.3 Å². The first kappa shape index (κ1) is 16.3. The van der Waals surface area contributed by atoms with Crippen molar-refractivity contribution in [3.05, 3.63) is 71.1 Å². The zero-order valence-corrected chi connectivity index (χ0v) is 14.2. The maximum Gasteiger partial charge on any atom is 0.226 e. The number of benzene rings is 2. The largest absolute Gasteiger partial charge is 0.441 e. The Labute approximate surface area is 142 Å². The first-order valence-electron chi connectivity index (χ1n) is 8.07. The third kappa shape index (κ3) is 3.49. The lowest BCUT2D eigenvalue weighted by atomic mass is 10.0. The van der Waals surface area contributed by atoms with Crippen molar-refractivity contribution >= 4 is 5.69 Å². The number of oxazole rings is 1. The van der Waals surface area contributed by atoms with Gasteiger partial charge in [0.25, 0.3) is 0 Å². The predicted octanol–water partition coefficient (Wildman–Crippen LogP) is 4.62. The summed E-state index contributed by atoms with van der Waals surface area (Å²) in [6.45, 7) is 6.02. The van der Waals surface area contributed by atoms with Crippen LogP contribution in [0, 0.1) is 13.8 Å². The summed E-state index contributed by atoms with van der Waals surface area (Å²) in [4.78, 5) is 4.46. The van der Waals surface area contributed by atoms with Crippen LogP contribution in [-0.4, -0.2) is 10.1 Å². The number of nitrogens with one attached hydrogen (secondary N) is 1. The molecule has 1 atom stereocenters. The normalized spacial score (nSPS) is 12.2. The molecule has 1 heterocycles. The molecule has 0 spiro atoms. The van der Waals surface area contributed by atoms with Gasteiger partial charge in [-0.1, -0.05) is 30.3 Å². The Balaban J connectivity index is 1.81. The summed E-state index contributed by atoms with van der Waals surface area (Å²) in [7, 11) is 0. The fraction of sp³-hybridized carbons (Fsp3) is 0.250. The number of nitrogens with zero attached hydrogens (tertiary/aromatic N) is 1. The number of aliphatic hydroxyl groups excluding tert-OH is 1. The van der Waals surface area contributed by atoms with Crippen molar-refractivity contribution in [1.82, 2.24) is 4.98 Å². The van der Waals surface area contributed by atoms with Crippen LogP contribution in [0.2, 0.25) is 0 Å². The molecule has 124 valence electrons. The molecule has 0 aliphatic rings. The average molecular weight is 322 g/mol. The van der Waals surface area contributed by atoms with E-state index in [1.807, 2.05) is 56.3 Å². The number of aryl methyl sites for hydroxylation is 2. The summed E-state index contributed by atoms with van der Waals surface area (Å²) < 4.78 is 5.71. The summed E-state index contributed by atoms with van der Waals surface area (Å²) in [6, 6.07) is 16.1. The van der Waals surface area contributed by atoms with Crippen molar-refractivity contribution in [2.24, 2.45) is 0 Å². The average Bonchev–Trinajstić information content (AvgIpc) is 2.94. The zero-order chi connectivity index (χ0) is 17.1.